The van der Waals surface area contributed by atoms with Gasteiger partial charge in [-0.15, -0.1) is 0 Å². The van der Waals surface area contributed by atoms with Crippen LogP contribution in [0.4, 0.5) is 10.1 Å². The molecule has 30 heavy (non-hydrogen) atoms. The van der Waals surface area contributed by atoms with E-state index in [-0.39, 0.29) is 5.02 Å². The van der Waals surface area contributed by atoms with Crippen LogP contribution in [0, 0.1) is 5.82 Å². The highest BCUT2D eigenvalue weighted by Crippen LogP contribution is 2.20. The zero-order chi connectivity index (χ0) is 21.5. The van der Waals surface area contributed by atoms with Crippen LogP contribution in [0.5, 0.6) is 0 Å². The Labute approximate surface area is 187 Å². The van der Waals surface area contributed by atoms with E-state index in [1.807, 2.05) is 24.3 Å². The van der Waals surface area contributed by atoms with Gasteiger partial charge in [-0.1, -0.05) is 30.3 Å². The number of imidazole rings is 1. The average molecular weight is 492 g/mol. The van der Waals surface area contributed by atoms with Gasteiger partial charge in [0.1, 0.15) is 23.3 Å². The van der Waals surface area contributed by atoms with Crippen molar-refractivity contribution in [2.75, 3.05) is 11.9 Å². The van der Waals surface area contributed by atoms with Crippen molar-refractivity contribution >= 4 is 50.5 Å². The van der Waals surface area contributed by atoms with E-state index >= 15 is 0 Å². The number of aromatic amines is 1. The number of rotatable bonds is 9. The standard InChI is InChI=1S/C21H21BrClFN6/c1-13(28-14-8-9-17(24)16(23)11-14)27-12-15(22)21(25)26-10-4-7-20-29-18-5-2-3-6-19(18)30-20/h2-3,5-6,8-9,11-12,26,28H,1,4,7,10,25H2,(H,29,30)/b21-15-,27-12-. The van der Waals surface area contributed by atoms with Crippen LogP contribution in [0.2, 0.25) is 5.02 Å². The van der Waals surface area contributed by atoms with Gasteiger partial charge in [0.05, 0.1) is 20.5 Å². The molecule has 3 aromatic rings. The molecule has 1 heterocycles. The van der Waals surface area contributed by atoms with Crippen LogP contribution < -0.4 is 16.4 Å². The van der Waals surface area contributed by atoms with Crippen molar-refractivity contribution in [2.24, 2.45) is 10.7 Å². The third-order valence-corrected chi connectivity index (χ3v) is 5.07. The molecule has 0 spiro atoms. The summed E-state index contributed by atoms with van der Waals surface area (Å²) in [4.78, 5) is 12.0. The predicted molar refractivity (Wildman–Crippen MR) is 125 cm³/mol. The van der Waals surface area contributed by atoms with Crippen LogP contribution >= 0.6 is 27.5 Å². The van der Waals surface area contributed by atoms with Crippen molar-refractivity contribution in [3.63, 3.8) is 0 Å². The Morgan fingerprint density at radius 1 is 1.33 bits per heavy atom. The number of halogens is 3. The first-order chi connectivity index (χ1) is 14.4. The van der Waals surface area contributed by atoms with Crippen LogP contribution in [-0.2, 0) is 6.42 Å². The summed E-state index contributed by atoms with van der Waals surface area (Å²) in [5.41, 5.74) is 8.62. The first-order valence-electron chi connectivity index (χ1n) is 9.20. The molecule has 3 rings (SSSR count). The Morgan fingerprint density at radius 3 is 2.90 bits per heavy atom. The van der Waals surface area contributed by atoms with E-state index in [9.17, 15) is 4.39 Å². The molecule has 0 aliphatic heterocycles. The summed E-state index contributed by atoms with van der Waals surface area (Å²) in [7, 11) is 0. The monoisotopic (exact) mass is 490 g/mol. The highest BCUT2D eigenvalue weighted by molar-refractivity contribution is 9.12. The number of aliphatic imine (C=N–C) groups is 1. The normalized spacial score (nSPS) is 12.2. The molecule has 0 aliphatic carbocycles. The molecule has 0 radical (unpaired) electrons. The lowest BCUT2D eigenvalue weighted by atomic mass is 10.3. The first-order valence-corrected chi connectivity index (χ1v) is 10.4. The number of hydrogen-bond donors (Lipinski definition) is 4. The van der Waals surface area contributed by atoms with Crippen LogP contribution in [0.25, 0.3) is 11.0 Å². The van der Waals surface area contributed by atoms with Gasteiger partial charge in [-0.05, 0) is 52.7 Å². The number of fused-ring (bicyclic) bond motifs is 1. The number of hydrogen-bond acceptors (Lipinski definition) is 5. The van der Waals surface area contributed by atoms with Crippen molar-refractivity contribution in [1.82, 2.24) is 15.3 Å². The van der Waals surface area contributed by atoms with E-state index < -0.39 is 5.82 Å². The number of allylic oxidation sites excluding steroid dienone is 1. The van der Waals surface area contributed by atoms with Crippen LogP contribution in [-0.4, -0.2) is 22.7 Å². The number of nitrogens with one attached hydrogen (secondary N) is 3. The number of aromatic nitrogens is 2. The molecule has 156 valence electrons. The summed E-state index contributed by atoms with van der Waals surface area (Å²) in [6.45, 7) is 4.48. The van der Waals surface area contributed by atoms with E-state index in [0.29, 0.717) is 28.4 Å². The molecular weight excluding hydrogens is 471 g/mol. The molecule has 9 heteroatoms. The van der Waals surface area contributed by atoms with Gasteiger partial charge in [-0.3, -0.25) is 0 Å². The summed E-state index contributed by atoms with van der Waals surface area (Å²) < 4.78 is 13.8. The Kier molecular flexibility index (Phi) is 7.48. The fourth-order valence-corrected chi connectivity index (χ4v) is 3.09. The molecule has 0 bridgehead atoms. The fourth-order valence-electron chi connectivity index (χ4n) is 2.66. The molecule has 1 aromatic heterocycles. The van der Waals surface area contributed by atoms with Gasteiger partial charge in [0.25, 0.3) is 0 Å². The van der Waals surface area contributed by atoms with Gasteiger partial charge < -0.3 is 21.4 Å². The minimum atomic E-state index is -0.485. The summed E-state index contributed by atoms with van der Waals surface area (Å²) in [5.74, 6) is 1.28. The summed E-state index contributed by atoms with van der Waals surface area (Å²) in [6.07, 6.45) is 3.20. The molecule has 0 saturated heterocycles. The summed E-state index contributed by atoms with van der Waals surface area (Å²) >= 11 is 9.14. The number of nitrogens with two attached hydrogens (primary N) is 1. The second-order valence-electron chi connectivity index (χ2n) is 6.45. The van der Waals surface area contributed by atoms with E-state index in [2.05, 4.69) is 48.1 Å². The Morgan fingerprint density at radius 2 is 2.13 bits per heavy atom. The van der Waals surface area contributed by atoms with Gasteiger partial charge in [0.2, 0.25) is 0 Å². The molecule has 6 nitrogen and oxygen atoms in total. The fraction of sp³-hybridized carbons (Fsp3) is 0.143. The number of anilines is 1. The highest BCUT2D eigenvalue weighted by Gasteiger charge is 2.03. The van der Waals surface area contributed by atoms with Crippen molar-refractivity contribution in [2.45, 2.75) is 12.8 Å². The summed E-state index contributed by atoms with van der Waals surface area (Å²) in [5, 5.41) is 6.09. The quantitative estimate of drug-likeness (QED) is 0.249. The molecule has 0 atom stereocenters. The van der Waals surface area contributed by atoms with E-state index in [1.165, 1.54) is 18.3 Å². The minimum absolute atomic E-state index is 0.0222. The molecule has 0 saturated carbocycles. The number of H-pyrrole nitrogens is 1. The van der Waals surface area contributed by atoms with E-state index in [4.69, 9.17) is 17.3 Å². The molecule has 0 unspecified atom stereocenters. The highest BCUT2D eigenvalue weighted by atomic mass is 79.9. The largest absolute Gasteiger partial charge is 0.385 e. The molecule has 0 fully saturated rings. The van der Waals surface area contributed by atoms with Crippen LogP contribution in [0.15, 0.2) is 70.2 Å². The number of aryl methyl sites for hydroxylation is 1. The predicted octanol–water partition coefficient (Wildman–Crippen LogP) is 5.05. The topological polar surface area (TPSA) is 91.1 Å². The first kappa shape index (κ1) is 21.9. The summed E-state index contributed by atoms with van der Waals surface area (Å²) in [6, 6.07) is 12.2. The Balaban J connectivity index is 1.45. The third kappa shape index (κ3) is 6.08. The average Bonchev–Trinajstić information content (AvgIpc) is 3.15. The maximum Gasteiger partial charge on any atom is 0.141 e. The minimum Gasteiger partial charge on any atom is -0.385 e. The van der Waals surface area contributed by atoms with Gasteiger partial charge in [0, 0.05) is 24.9 Å². The zero-order valence-electron chi connectivity index (χ0n) is 16.1. The number of para-hydroxylation sites is 2. The van der Waals surface area contributed by atoms with Crippen molar-refractivity contribution < 1.29 is 4.39 Å². The van der Waals surface area contributed by atoms with Crippen LogP contribution in [0.1, 0.15) is 12.2 Å². The molecule has 0 amide bonds. The Hall–Kier alpha value is -2.84. The lowest BCUT2D eigenvalue weighted by Crippen LogP contribution is -2.23. The van der Waals surface area contributed by atoms with Crippen molar-refractivity contribution in [1.29, 1.82) is 0 Å². The van der Waals surface area contributed by atoms with Gasteiger partial charge in [0.15, 0.2) is 0 Å². The molecule has 5 N–H and O–H groups in total. The SMILES string of the molecule is C=C(/N=C\C(Br)=C(/N)NCCCc1nc2ccccc2[nH]1)Nc1ccc(F)c(Cl)c1. The molecule has 0 aliphatic rings. The van der Waals surface area contributed by atoms with Gasteiger partial charge in [-0.25, -0.2) is 14.4 Å². The van der Waals surface area contributed by atoms with Gasteiger partial charge >= 0.3 is 0 Å². The lowest BCUT2D eigenvalue weighted by Gasteiger charge is -2.08. The Bertz CT molecular complexity index is 1070. The third-order valence-electron chi connectivity index (χ3n) is 4.14. The maximum absolute atomic E-state index is 13.2. The second-order valence-corrected chi connectivity index (χ2v) is 7.71. The molecule has 2 aromatic carbocycles. The van der Waals surface area contributed by atoms with Crippen molar-refractivity contribution in [3.05, 3.63) is 81.8 Å². The van der Waals surface area contributed by atoms with Crippen LogP contribution in [0.3, 0.4) is 0 Å². The second kappa shape index (κ2) is 10.3. The van der Waals surface area contributed by atoms with Crippen molar-refractivity contribution in [3.8, 4) is 0 Å². The zero-order valence-corrected chi connectivity index (χ0v) is 18.4. The van der Waals surface area contributed by atoms with E-state index in [0.717, 1.165) is 29.7 Å². The number of nitrogens with zero attached hydrogens (tertiary/aromatic N) is 2. The smallest absolute Gasteiger partial charge is 0.141 e. The molecular formula is C21H21BrClFN6. The van der Waals surface area contributed by atoms with Gasteiger partial charge in [-0.2, -0.15) is 0 Å². The van der Waals surface area contributed by atoms with E-state index in [1.54, 1.807) is 6.07 Å². The number of benzene rings is 2. The maximum atomic E-state index is 13.2. The lowest BCUT2D eigenvalue weighted by molar-refractivity contribution is 0.628.